The molecule has 0 aliphatic heterocycles. The Morgan fingerprint density at radius 1 is 1.30 bits per heavy atom. The lowest BCUT2D eigenvalue weighted by atomic mass is 10.1. The maximum atomic E-state index is 5.58. The van der Waals surface area contributed by atoms with E-state index in [2.05, 4.69) is 41.6 Å². The Kier molecular flexibility index (Phi) is 5.56. The summed E-state index contributed by atoms with van der Waals surface area (Å²) in [6.45, 7) is 3.79. The largest absolute Gasteiger partial charge is 0.381 e. The molecule has 2 rings (SSSR count). The standard InChI is InChI=1S/C16H25N3O/c1-4-10-20-11-9-13(17-2)12-15-14-7-5-6-8-16(14)19(3)18-15/h5-8,13,17H,4,9-12H2,1-3H3. The highest BCUT2D eigenvalue weighted by Crippen LogP contribution is 2.19. The molecule has 0 aliphatic carbocycles. The fourth-order valence-electron chi connectivity index (χ4n) is 2.49. The molecule has 0 saturated carbocycles. The molecule has 1 aromatic carbocycles. The highest BCUT2D eigenvalue weighted by molar-refractivity contribution is 5.81. The summed E-state index contributed by atoms with van der Waals surface area (Å²) in [6, 6.07) is 8.81. The van der Waals surface area contributed by atoms with Crippen molar-refractivity contribution in [3.05, 3.63) is 30.0 Å². The van der Waals surface area contributed by atoms with Crippen LogP contribution >= 0.6 is 0 Å². The molecule has 110 valence electrons. The van der Waals surface area contributed by atoms with Gasteiger partial charge in [0.2, 0.25) is 0 Å². The van der Waals surface area contributed by atoms with Crippen molar-refractivity contribution in [3.63, 3.8) is 0 Å². The zero-order chi connectivity index (χ0) is 14.4. The van der Waals surface area contributed by atoms with E-state index in [4.69, 9.17) is 4.74 Å². The molecule has 0 aliphatic rings. The van der Waals surface area contributed by atoms with E-state index >= 15 is 0 Å². The van der Waals surface area contributed by atoms with Crippen molar-refractivity contribution in [2.75, 3.05) is 20.3 Å². The van der Waals surface area contributed by atoms with Gasteiger partial charge in [-0.3, -0.25) is 4.68 Å². The molecule has 4 heteroatoms. The van der Waals surface area contributed by atoms with Crippen molar-refractivity contribution in [2.45, 2.75) is 32.2 Å². The van der Waals surface area contributed by atoms with E-state index in [1.165, 1.54) is 10.9 Å². The zero-order valence-corrected chi connectivity index (χ0v) is 12.7. The number of likely N-dealkylation sites (N-methyl/N-ethyl adjacent to an activating group) is 1. The van der Waals surface area contributed by atoms with Gasteiger partial charge in [-0.05, 0) is 26.0 Å². The zero-order valence-electron chi connectivity index (χ0n) is 12.7. The van der Waals surface area contributed by atoms with Crippen molar-refractivity contribution < 1.29 is 4.74 Å². The van der Waals surface area contributed by atoms with Gasteiger partial charge in [0.05, 0.1) is 11.2 Å². The first-order chi connectivity index (χ1) is 9.76. The van der Waals surface area contributed by atoms with Gasteiger partial charge in [0, 0.05) is 38.1 Å². The van der Waals surface area contributed by atoms with Crippen molar-refractivity contribution in [2.24, 2.45) is 7.05 Å². The van der Waals surface area contributed by atoms with Crippen LogP contribution in [0.2, 0.25) is 0 Å². The fourth-order valence-corrected chi connectivity index (χ4v) is 2.49. The third-order valence-corrected chi connectivity index (χ3v) is 3.64. The van der Waals surface area contributed by atoms with Gasteiger partial charge in [0.15, 0.2) is 0 Å². The van der Waals surface area contributed by atoms with Crippen LogP contribution in [0.5, 0.6) is 0 Å². The molecule has 1 N–H and O–H groups in total. The van der Waals surface area contributed by atoms with Gasteiger partial charge < -0.3 is 10.1 Å². The topological polar surface area (TPSA) is 39.1 Å². The predicted octanol–water partition coefficient (Wildman–Crippen LogP) is 2.52. The molecule has 1 unspecified atom stereocenters. The van der Waals surface area contributed by atoms with E-state index < -0.39 is 0 Å². The van der Waals surface area contributed by atoms with Gasteiger partial charge in [-0.25, -0.2) is 0 Å². The van der Waals surface area contributed by atoms with Gasteiger partial charge in [0.1, 0.15) is 0 Å². The van der Waals surface area contributed by atoms with E-state index in [1.54, 1.807) is 0 Å². The molecule has 1 atom stereocenters. The molecule has 4 nitrogen and oxygen atoms in total. The van der Waals surface area contributed by atoms with Gasteiger partial charge in [-0.15, -0.1) is 0 Å². The van der Waals surface area contributed by atoms with Crippen molar-refractivity contribution >= 4 is 10.9 Å². The lowest BCUT2D eigenvalue weighted by Crippen LogP contribution is -2.29. The van der Waals surface area contributed by atoms with Gasteiger partial charge in [-0.2, -0.15) is 5.10 Å². The number of aryl methyl sites for hydroxylation is 1. The minimum absolute atomic E-state index is 0.408. The normalized spacial score (nSPS) is 12.9. The van der Waals surface area contributed by atoms with Crippen molar-refractivity contribution in [3.8, 4) is 0 Å². The first-order valence-corrected chi connectivity index (χ1v) is 7.41. The molecule has 0 amide bonds. The van der Waals surface area contributed by atoms with E-state index in [0.29, 0.717) is 6.04 Å². The van der Waals surface area contributed by atoms with Crippen molar-refractivity contribution in [1.82, 2.24) is 15.1 Å². The Balaban J connectivity index is 2.02. The SMILES string of the molecule is CCCOCCC(Cc1nn(C)c2ccccc12)NC. The Labute approximate surface area is 121 Å². The second-order valence-corrected chi connectivity index (χ2v) is 5.18. The summed E-state index contributed by atoms with van der Waals surface area (Å²) in [6.07, 6.45) is 3.03. The van der Waals surface area contributed by atoms with Crippen LogP contribution in [0.25, 0.3) is 10.9 Å². The van der Waals surface area contributed by atoms with Gasteiger partial charge >= 0.3 is 0 Å². The molecule has 0 fully saturated rings. The molecule has 0 bridgehead atoms. The minimum atomic E-state index is 0.408. The van der Waals surface area contributed by atoms with Gasteiger partial charge in [0.25, 0.3) is 0 Å². The van der Waals surface area contributed by atoms with E-state index in [0.717, 1.165) is 38.2 Å². The maximum absolute atomic E-state index is 5.58. The van der Waals surface area contributed by atoms with Crippen LogP contribution in [0, 0.1) is 0 Å². The maximum Gasteiger partial charge on any atom is 0.0718 e. The number of rotatable bonds is 8. The number of aromatic nitrogens is 2. The molecule has 0 spiro atoms. The predicted molar refractivity (Wildman–Crippen MR) is 83.0 cm³/mol. The minimum Gasteiger partial charge on any atom is -0.381 e. The molecule has 0 saturated heterocycles. The molecular formula is C16H25N3O. The molecule has 20 heavy (non-hydrogen) atoms. The summed E-state index contributed by atoms with van der Waals surface area (Å²) in [5, 5.41) is 9.28. The van der Waals surface area contributed by atoms with E-state index in [-0.39, 0.29) is 0 Å². The summed E-state index contributed by atoms with van der Waals surface area (Å²) in [5.41, 5.74) is 2.36. The second kappa shape index (κ2) is 7.41. The molecule has 0 radical (unpaired) electrons. The Morgan fingerprint density at radius 2 is 2.10 bits per heavy atom. The summed E-state index contributed by atoms with van der Waals surface area (Å²) < 4.78 is 7.54. The highest BCUT2D eigenvalue weighted by atomic mass is 16.5. The first-order valence-electron chi connectivity index (χ1n) is 7.41. The number of para-hydroxylation sites is 1. The van der Waals surface area contributed by atoms with Crippen LogP contribution in [0.4, 0.5) is 0 Å². The summed E-state index contributed by atoms with van der Waals surface area (Å²) in [4.78, 5) is 0. The summed E-state index contributed by atoms with van der Waals surface area (Å²) in [7, 11) is 4.01. The monoisotopic (exact) mass is 275 g/mol. The number of benzene rings is 1. The lowest BCUT2D eigenvalue weighted by Gasteiger charge is -2.15. The van der Waals surface area contributed by atoms with E-state index in [9.17, 15) is 0 Å². The molecule has 1 aromatic heterocycles. The van der Waals surface area contributed by atoms with Crippen LogP contribution in [0.15, 0.2) is 24.3 Å². The Hall–Kier alpha value is -1.39. The molecular weight excluding hydrogens is 250 g/mol. The van der Waals surface area contributed by atoms with Crippen LogP contribution in [0.1, 0.15) is 25.5 Å². The number of ether oxygens (including phenoxy) is 1. The second-order valence-electron chi connectivity index (χ2n) is 5.18. The number of nitrogens with zero attached hydrogens (tertiary/aromatic N) is 2. The average Bonchev–Trinajstić information content (AvgIpc) is 2.79. The molecule has 1 heterocycles. The molecule has 2 aromatic rings. The van der Waals surface area contributed by atoms with Crippen LogP contribution < -0.4 is 5.32 Å². The summed E-state index contributed by atoms with van der Waals surface area (Å²) in [5.74, 6) is 0. The number of nitrogens with one attached hydrogen (secondary N) is 1. The Bertz CT molecular complexity index is 536. The number of fused-ring (bicyclic) bond motifs is 1. The summed E-state index contributed by atoms with van der Waals surface area (Å²) >= 11 is 0. The smallest absolute Gasteiger partial charge is 0.0718 e. The fraction of sp³-hybridized carbons (Fsp3) is 0.562. The van der Waals surface area contributed by atoms with Crippen molar-refractivity contribution in [1.29, 1.82) is 0 Å². The average molecular weight is 275 g/mol. The third kappa shape index (κ3) is 3.58. The highest BCUT2D eigenvalue weighted by Gasteiger charge is 2.13. The Morgan fingerprint density at radius 3 is 2.85 bits per heavy atom. The van der Waals surface area contributed by atoms with Crippen LogP contribution in [-0.4, -0.2) is 36.1 Å². The first kappa shape index (κ1) is 15.0. The van der Waals surface area contributed by atoms with Gasteiger partial charge in [-0.1, -0.05) is 25.1 Å². The number of hydrogen-bond acceptors (Lipinski definition) is 3. The van der Waals surface area contributed by atoms with Crippen LogP contribution in [0.3, 0.4) is 0 Å². The third-order valence-electron chi connectivity index (χ3n) is 3.64. The van der Waals surface area contributed by atoms with Crippen LogP contribution in [-0.2, 0) is 18.2 Å². The lowest BCUT2D eigenvalue weighted by molar-refractivity contribution is 0.125. The van der Waals surface area contributed by atoms with E-state index in [1.807, 2.05) is 18.8 Å². The quantitative estimate of drug-likeness (QED) is 0.752. The number of hydrogen-bond donors (Lipinski definition) is 1.